The molecule has 0 fully saturated rings. The van der Waals surface area contributed by atoms with Gasteiger partial charge in [-0.25, -0.2) is 0 Å². The molecule has 7 nitrogen and oxygen atoms in total. The number of hydrogen-bond donors (Lipinski definition) is 3. The van der Waals surface area contributed by atoms with Gasteiger partial charge >= 0.3 is 11.8 Å². The number of anilines is 2. The van der Waals surface area contributed by atoms with Gasteiger partial charge in [-0.3, -0.25) is 14.6 Å². The highest BCUT2D eigenvalue weighted by atomic mass is 16.2. The van der Waals surface area contributed by atoms with Crippen LogP contribution in [0.4, 0.5) is 11.4 Å². The Morgan fingerprint density at radius 2 is 2.14 bits per heavy atom. The molecule has 0 unspecified atom stereocenters. The van der Waals surface area contributed by atoms with Crippen molar-refractivity contribution in [3.05, 3.63) is 18.0 Å². The highest BCUT2D eigenvalue weighted by molar-refractivity contribution is 6.39. The van der Waals surface area contributed by atoms with Gasteiger partial charge in [0.25, 0.3) is 0 Å². The van der Waals surface area contributed by atoms with Crippen molar-refractivity contribution in [1.82, 2.24) is 9.88 Å². The summed E-state index contributed by atoms with van der Waals surface area (Å²) in [6.07, 6.45) is 3.81. The Hall–Kier alpha value is -2.44. The minimum absolute atomic E-state index is 0.216. The molecule has 0 aliphatic heterocycles. The summed E-state index contributed by atoms with van der Waals surface area (Å²) < 4.78 is 0. The Kier molecular flexibility index (Phi) is 5.83. The molecule has 0 aromatic carbocycles. The molecule has 0 bridgehead atoms. The van der Waals surface area contributed by atoms with Crippen molar-refractivity contribution < 1.29 is 9.59 Å². The smallest absolute Gasteiger partial charge is 0.314 e. The van der Waals surface area contributed by atoms with Crippen LogP contribution in [0.25, 0.3) is 0 Å². The average molecular weight is 291 g/mol. The first-order chi connectivity index (χ1) is 9.90. The lowest BCUT2D eigenvalue weighted by atomic mass is 10.2. The van der Waals surface area contributed by atoms with Crippen LogP contribution in [-0.2, 0) is 9.59 Å². The minimum atomic E-state index is -0.756. The average Bonchev–Trinajstić information content (AvgIpc) is 2.45. The third kappa shape index (κ3) is 4.27. The zero-order chi connectivity index (χ0) is 16.0. The normalized spacial score (nSPS) is 10.3. The van der Waals surface area contributed by atoms with E-state index in [9.17, 15) is 9.59 Å². The number of likely N-dealkylation sites (N-methyl/N-ethyl adjacent to an activating group) is 1. The van der Waals surface area contributed by atoms with Crippen LogP contribution in [0.3, 0.4) is 0 Å². The van der Waals surface area contributed by atoms with Crippen molar-refractivity contribution in [2.75, 3.05) is 24.1 Å². The molecule has 0 aliphatic carbocycles. The van der Waals surface area contributed by atoms with Crippen LogP contribution >= 0.6 is 0 Å². The van der Waals surface area contributed by atoms with Gasteiger partial charge in [0.2, 0.25) is 0 Å². The van der Waals surface area contributed by atoms with E-state index in [0.29, 0.717) is 18.7 Å². The van der Waals surface area contributed by atoms with Crippen molar-refractivity contribution >= 4 is 29.4 Å². The summed E-state index contributed by atoms with van der Waals surface area (Å²) in [6, 6.07) is 0. The molecule has 0 saturated carbocycles. The summed E-state index contributed by atoms with van der Waals surface area (Å²) in [5, 5.41) is 9.64. The molecule has 0 aliphatic rings. The maximum absolute atomic E-state index is 12.1. The Morgan fingerprint density at radius 3 is 2.67 bits per heavy atom. The van der Waals surface area contributed by atoms with Gasteiger partial charge in [0.1, 0.15) is 0 Å². The monoisotopic (exact) mass is 291 g/mol. The van der Waals surface area contributed by atoms with Crippen molar-refractivity contribution in [1.29, 1.82) is 5.41 Å². The standard InChI is InChI=1S/C14H21N5O2/c1-4-19(8-9(2)3)14(21)13(20)18-11-7-17-6-10(5-15)12(11)16/h5-7,9,15H,4,8H2,1-3H3,(H2,16,17)(H,18,20). The number of aromatic nitrogens is 1. The molecule has 21 heavy (non-hydrogen) atoms. The maximum atomic E-state index is 12.1. The summed E-state index contributed by atoms with van der Waals surface area (Å²) in [6.45, 7) is 6.74. The molecule has 7 heteroatoms. The van der Waals surface area contributed by atoms with E-state index in [4.69, 9.17) is 11.1 Å². The van der Waals surface area contributed by atoms with E-state index < -0.39 is 11.8 Å². The van der Waals surface area contributed by atoms with Crippen LogP contribution in [-0.4, -0.2) is 41.0 Å². The zero-order valence-electron chi connectivity index (χ0n) is 12.5. The summed E-state index contributed by atoms with van der Waals surface area (Å²) in [5.41, 5.74) is 6.63. The first-order valence-electron chi connectivity index (χ1n) is 6.74. The number of nitrogens with one attached hydrogen (secondary N) is 2. The van der Waals surface area contributed by atoms with E-state index in [2.05, 4.69) is 10.3 Å². The van der Waals surface area contributed by atoms with Crippen molar-refractivity contribution in [2.24, 2.45) is 5.92 Å². The highest BCUT2D eigenvalue weighted by Crippen LogP contribution is 2.19. The molecule has 0 atom stereocenters. The summed E-state index contributed by atoms with van der Waals surface area (Å²) in [7, 11) is 0. The Balaban J connectivity index is 2.85. The molecule has 1 aromatic heterocycles. The molecule has 1 rings (SSSR count). The van der Waals surface area contributed by atoms with E-state index in [-0.39, 0.29) is 17.3 Å². The lowest BCUT2D eigenvalue weighted by Gasteiger charge is -2.22. The van der Waals surface area contributed by atoms with Crippen molar-refractivity contribution in [3.63, 3.8) is 0 Å². The predicted octanol–water partition coefficient (Wildman–Crippen LogP) is 1.10. The summed E-state index contributed by atoms with van der Waals surface area (Å²) >= 11 is 0. The van der Waals surface area contributed by atoms with Gasteiger partial charge in [0.15, 0.2) is 0 Å². The molecule has 0 saturated heterocycles. The Bertz CT molecular complexity index is 542. The zero-order valence-corrected chi connectivity index (χ0v) is 12.5. The summed E-state index contributed by atoms with van der Waals surface area (Å²) in [4.78, 5) is 29.4. The van der Waals surface area contributed by atoms with E-state index in [1.807, 2.05) is 20.8 Å². The number of carbonyl (C=O) groups is 2. The van der Waals surface area contributed by atoms with Crippen LogP contribution in [0.5, 0.6) is 0 Å². The fourth-order valence-electron chi connectivity index (χ4n) is 1.82. The van der Waals surface area contributed by atoms with Gasteiger partial charge in [-0.15, -0.1) is 0 Å². The van der Waals surface area contributed by atoms with Crippen LogP contribution < -0.4 is 11.1 Å². The number of nitrogen functional groups attached to an aromatic ring is 1. The van der Waals surface area contributed by atoms with Gasteiger partial charge in [0, 0.05) is 31.1 Å². The van der Waals surface area contributed by atoms with E-state index >= 15 is 0 Å². The molecule has 1 heterocycles. The first-order valence-corrected chi connectivity index (χ1v) is 6.74. The van der Waals surface area contributed by atoms with Gasteiger partial charge in [-0.1, -0.05) is 13.8 Å². The molecule has 1 aromatic rings. The largest absolute Gasteiger partial charge is 0.396 e. The lowest BCUT2D eigenvalue weighted by Crippen LogP contribution is -2.41. The molecule has 0 radical (unpaired) electrons. The van der Waals surface area contributed by atoms with Gasteiger partial charge in [0.05, 0.1) is 17.6 Å². The quantitative estimate of drug-likeness (QED) is 0.557. The fourth-order valence-corrected chi connectivity index (χ4v) is 1.82. The number of pyridine rings is 1. The van der Waals surface area contributed by atoms with Crippen LogP contribution in [0, 0.1) is 11.3 Å². The Morgan fingerprint density at radius 1 is 1.48 bits per heavy atom. The molecule has 114 valence electrons. The van der Waals surface area contributed by atoms with Gasteiger partial charge in [-0.05, 0) is 12.8 Å². The van der Waals surface area contributed by atoms with Gasteiger partial charge in [-0.2, -0.15) is 0 Å². The highest BCUT2D eigenvalue weighted by Gasteiger charge is 2.22. The Labute approximate surface area is 124 Å². The number of carbonyl (C=O) groups excluding carboxylic acids is 2. The van der Waals surface area contributed by atoms with Crippen LogP contribution in [0.15, 0.2) is 12.4 Å². The second kappa shape index (κ2) is 7.37. The lowest BCUT2D eigenvalue weighted by molar-refractivity contribution is -0.143. The summed E-state index contributed by atoms with van der Waals surface area (Å²) in [5.74, 6) is -1.09. The van der Waals surface area contributed by atoms with Gasteiger partial charge < -0.3 is 21.4 Å². The third-order valence-corrected chi connectivity index (χ3v) is 2.87. The van der Waals surface area contributed by atoms with Crippen molar-refractivity contribution in [3.8, 4) is 0 Å². The third-order valence-electron chi connectivity index (χ3n) is 2.87. The number of rotatable bonds is 5. The number of hydrogen-bond acceptors (Lipinski definition) is 5. The minimum Gasteiger partial charge on any atom is -0.396 e. The second-order valence-electron chi connectivity index (χ2n) is 5.03. The maximum Gasteiger partial charge on any atom is 0.314 e. The van der Waals surface area contributed by atoms with Crippen LogP contribution in [0.1, 0.15) is 26.3 Å². The van der Waals surface area contributed by atoms with E-state index in [1.54, 1.807) is 0 Å². The molecular weight excluding hydrogens is 270 g/mol. The second-order valence-corrected chi connectivity index (χ2v) is 5.03. The molecular formula is C14H21N5O2. The number of nitrogens with zero attached hydrogens (tertiary/aromatic N) is 2. The molecule has 0 spiro atoms. The number of nitrogens with two attached hydrogens (primary N) is 1. The first kappa shape index (κ1) is 16.6. The fraction of sp³-hybridized carbons (Fsp3) is 0.429. The van der Waals surface area contributed by atoms with E-state index in [1.165, 1.54) is 17.3 Å². The predicted molar refractivity (Wildman–Crippen MR) is 82.3 cm³/mol. The topological polar surface area (TPSA) is 112 Å². The number of amides is 2. The van der Waals surface area contributed by atoms with Crippen molar-refractivity contribution in [2.45, 2.75) is 20.8 Å². The SMILES string of the molecule is CCN(CC(C)C)C(=O)C(=O)Nc1cncc(C=N)c1N. The molecule has 4 N–H and O–H groups in total. The molecule has 2 amide bonds. The van der Waals surface area contributed by atoms with E-state index in [0.717, 1.165) is 6.21 Å². The van der Waals surface area contributed by atoms with Crippen LogP contribution in [0.2, 0.25) is 0 Å².